The fourth-order valence-electron chi connectivity index (χ4n) is 6.46. The van der Waals surface area contributed by atoms with E-state index in [0.717, 1.165) is 0 Å². The number of non-ortho nitro benzene ring substituents is 1. The number of rotatable bonds is 8. The van der Waals surface area contributed by atoms with E-state index in [0.29, 0.717) is 49.6 Å². The minimum absolute atomic E-state index is 0.0154. The molecule has 4 heterocycles. The van der Waals surface area contributed by atoms with Crippen molar-refractivity contribution < 1.29 is 39.1 Å². The number of nitro benzene ring substituents is 1. The number of aliphatic carboxylic acids is 1. The van der Waals surface area contributed by atoms with Gasteiger partial charge in [0.25, 0.3) is 5.69 Å². The van der Waals surface area contributed by atoms with E-state index in [-0.39, 0.29) is 47.0 Å². The lowest BCUT2D eigenvalue weighted by molar-refractivity contribution is -0.384. The van der Waals surface area contributed by atoms with Crippen LogP contribution in [-0.2, 0) is 25.7 Å². The summed E-state index contributed by atoms with van der Waals surface area (Å²) in [5.41, 5.74) is 0.566. The fraction of sp³-hybridized carbons (Fsp3) is 0.571. The average Bonchev–Trinajstić information content (AvgIpc) is 3.45. The number of likely N-dealkylation sites (tertiary alicyclic amines) is 1. The van der Waals surface area contributed by atoms with Crippen molar-refractivity contribution in [3.8, 4) is 0 Å². The molecule has 14 nitrogen and oxygen atoms in total. The minimum atomic E-state index is -1.17. The van der Waals surface area contributed by atoms with Crippen LogP contribution in [0.3, 0.4) is 0 Å². The first-order chi connectivity index (χ1) is 20.4. The lowest BCUT2D eigenvalue weighted by Crippen LogP contribution is -2.63. The second-order valence-electron chi connectivity index (χ2n) is 11.5. The predicted octanol–water partition coefficient (Wildman–Crippen LogP) is 1.34. The minimum Gasteiger partial charge on any atom is -0.477 e. The number of amides is 3. The molecule has 2 N–H and O–H groups in total. The zero-order chi connectivity index (χ0) is 31.2. The maximum absolute atomic E-state index is 13.5. The van der Waals surface area contributed by atoms with Crippen LogP contribution in [0, 0.1) is 22.0 Å². The molecule has 4 aliphatic heterocycles. The van der Waals surface area contributed by atoms with Gasteiger partial charge in [0.2, 0.25) is 11.8 Å². The number of β-lactam (4-membered cyclic amide) rings is 1. The zero-order valence-electron chi connectivity index (χ0n) is 24.1. The van der Waals surface area contributed by atoms with Crippen LogP contribution in [-0.4, -0.2) is 122 Å². The van der Waals surface area contributed by atoms with E-state index in [1.807, 2.05) is 18.9 Å². The van der Waals surface area contributed by atoms with Crippen molar-refractivity contribution in [2.24, 2.45) is 11.8 Å². The first-order valence-corrected chi connectivity index (χ1v) is 15.1. The number of hydrogen-bond acceptors (Lipinski definition) is 10. The lowest BCUT2D eigenvalue weighted by Gasteiger charge is -2.46. The maximum atomic E-state index is 13.5. The van der Waals surface area contributed by atoms with Gasteiger partial charge in [-0.3, -0.25) is 24.6 Å². The quantitative estimate of drug-likeness (QED) is 0.245. The van der Waals surface area contributed by atoms with Crippen LogP contribution in [0.2, 0.25) is 0 Å². The molecule has 232 valence electrons. The number of likely N-dealkylation sites (N-methyl/N-ethyl adjacent to an activating group) is 1. The Labute approximate surface area is 252 Å². The van der Waals surface area contributed by atoms with E-state index in [2.05, 4.69) is 0 Å². The first-order valence-electron chi connectivity index (χ1n) is 14.2. The van der Waals surface area contributed by atoms with Gasteiger partial charge in [-0.25, -0.2) is 9.59 Å². The molecular weight excluding hydrogens is 582 g/mol. The number of aliphatic hydroxyl groups is 1. The summed E-state index contributed by atoms with van der Waals surface area (Å²) in [5.74, 6) is -2.45. The standard InChI is InChI=1S/C28H35N5O9S/c1-15-22-21(16(2)34)26(36)32(22)23(27(37)38)24(15)43-19-12-20(29(3)13-19)25(35)30-8-10-31(11-9-30)28(39)42-14-17-4-6-18(7-5-17)33(40)41/h4-7,15-16,19-22,34H,8-14H2,1-3H3,(H,37,38)/t15-,16-,19+,20+,21-,22-/m1/s1. The molecular formula is C28H35N5O9S. The molecule has 5 rings (SSSR count). The Morgan fingerprint density at radius 1 is 1.14 bits per heavy atom. The monoisotopic (exact) mass is 617 g/mol. The summed E-state index contributed by atoms with van der Waals surface area (Å²) < 4.78 is 5.36. The number of carbonyl (C=O) groups is 4. The van der Waals surface area contributed by atoms with Gasteiger partial charge in [0, 0.05) is 60.9 Å². The van der Waals surface area contributed by atoms with E-state index in [4.69, 9.17) is 4.74 Å². The molecule has 4 aliphatic rings. The van der Waals surface area contributed by atoms with Gasteiger partial charge in [-0.1, -0.05) is 6.92 Å². The highest BCUT2D eigenvalue weighted by Gasteiger charge is 2.60. The van der Waals surface area contributed by atoms with Crippen LogP contribution >= 0.6 is 11.8 Å². The molecule has 3 amide bonds. The Balaban J connectivity index is 1.13. The number of carboxylic acid groups (broad SMARTS) is 1. The van der Waals surface area contributed by atoms with Gasteiger partial charge < -0.3 is 29.6 Å². The summed E-state index contributed by atoms with van der Waals surface area (Å²) in [5, 5.41) is 30.8. The van der Waals surface area contributed by atoms with Crippen LogP contribution in [0.25, 0.3) is 0 Å². The van der Waals surface area contributed by atoms with Crippen LogP contribution in [0.4, 0.5) is 10.5 Å². The van der Waals surface area contributed by atoms with E-state index >= 15 is 0 Å². The van der Waals surface area contributed by atoms with Crippen molar-refractivity contribution >= 4 is 41.3 Å². The molecule has 0 spiro atoms. The molecule has 0 saturated carbocycles. The second-order valence-corrected chi connectivity index (χ2v) is 12.8. The number of thioether (sulfide) groups is 1. The molecule has 15 heteroatoms. The summed E-state index contributed by atoms with van der Waals surface area (Å²) in [6.45, 7) is 5.28. The van der Waals surface area contributed by atoms with Crippen molar-refractivity contribution in [3.05, 3.63) is 50.5 Å². The van der Waals surface area contributed by atoms with E-state index in [9.17, 15) is 39.5 Å². The third-order valence-electron chi connectivity index (χ3n) is 8.76. The molecule has 0 aromatic heterocycles. The molecule has 0 aliphatic carbocycles. The topological polar surface area (TPSA) is 174 Å². The SMILES string of the molecule is C[C@@H](O)[C@H]1C(=O)N2C(C(=O)O)=C(S[C@H]3C[C@@H](C(=O)N4CCN(C(=O)OCc5ccc([N+](=O)[O-])cc5)CC4)N(C)C3)[C@H](C)[C@H]12. The number of piperazine rings is 1. The molecule has 3 fully saturated rings. The van der Waals surface area contributed by atoms with Crippen molar-refractivity contribution in [2.45, 2.75) is 50.3 Å². The number of carboxylic acids is 1. The van der Waals surface area contributed by atoms with Crippen molar-refractivity contribution in [1.29, 1.82) is 0 Å². The predicted molar refractivity (Wildman–Crippen MR) is 153 cm³/mol. The lowest BCUT2D eigenvalue weighted by atomic mass is 9.79. The Morgan fingerprint density at radius 3 is 2.35 bits per heavy atom. The molecule has 43 heavy (non-hydrogen) atoms. The number of carbonyl (C=O) groups excluding carboxylic acids is 3. The van der Waals surface area contributed by atoms with Crippen molar-refractivity contribution in [1.82, 2.24) is 19.6 Å². The Hall–Kier alpha value is -3.69. The molecule has 6 atom stereocenters. The second kappa shape index (κ2) is 12.1. The largest absolute Gasteiger partial charge is 0.477 e. The molecule has 1 aromatic carbocycles. The highest BCUT2D eigenvalue weighted by Crippen LogP contribution is 2.52. The van der Waals surface area contributed by atoms with Gasteiger partial charge in [0.05, 0.1) is 29.0 Å². The van der Waals surface area contributed by atoms with Gasteiger partial charge >= 0.3 is 12.1 Å². The van der Waals surface area contributed by atoms with Crippen LogP contribution in [0.1, 0.15) is 25.8 Å². The van der Waals surface area contributed by atoms with E-state index in [1.54, 1.807) is 11.8 Å². The summed E-state index contributed by atoms with van der Waals surface area (Å²) >= 11 is 1.41. The van der Waals surface area contributed by atoms with Gasteiger partial charge in [-0.05, 0) is 38.1 Å². The van der Waals surface area contributed by atoms with Crippen molar-refractivity contribution in [3.63, 3.8) is 0 Å². The molecule has 1 aromatic rings. The molecule has 0 unspecified atom stereocenters. The van der Waals surface area contributed by atoms with Crippen molar-refractivity contribution in [2.75, 3.05) is 39.8 Å². The van der Waals surface area contributed by atoms with Gasteiger partial charge in [-0.2, -0.15) is 0 Å². The Kier molecular flexibility index (Phi) is 8.68. The highest BCUT2D eigenvalue weighted by molar-refractivity contribution is 8.03. The van der Waals surface area contributed by atoms with E-state index in [1.165, 1.54) is 45.8 Å². The summed E-state index contributed by atoms with van der Waals surface area (Å²) in [7, 11) is 1.86. The Bertz CT molecular complexity index is 1340. The zero-order valence-corrected chi connectivity index (χ0v) is 24.9. The molecule has 0 bridgehead atoms. The number of aliphatic hydroxyl groups excluding tert-OH is 1. The number of benzene rings is 1. The molecule has 3 saturated heterocycles. The number of nitrogens with zero attached hydrogens (tertiary/aromatic N) is 5. The number of nitro groups is 1. The van der Waals surface area contributed by atoms with Crippen LogP contribution in [0.5, 0.6) is 0 Å². The van der Waals surface area contributed by atoms with Gasteiger partial charge in [0.1, 0.15) is 12.3 Å². The summed E-state index contributed by atoms with van der Waals surface area (Å²) in [6.07, 6.45) is -0.874. The Morgan fingerprint density at radius 2 is 1.77 bits per heavy atom. The summed E-state index contributed by atoms with van der Waals surface area (Å²) in [4.78, 5) is 68.3. The number of hydrogen-bond donors (Lipinski definition) is 2. The van der Waals surface area contributed by atoms with Crippen LogP contribution in [0.15, 0.2) is 34.9 Å². The number of ether oxygens (including phenoxy) is 1. The average molecular weight is 618 g/mol. The van der Waals surface area contributed by atoms with Crippen LogP contribution < -0.4 is 0 Å². The van der Waals surface area contributed by atoms with Gasteiger partial charge in [0.15, 0.2) is 0 Å². The number of fused-ring (bicyclic) bond motifs is 1. The van der Waals surface area contributed by atoms with Gasteiger partial charge in [-0.15, -0.1) is 11.8 Å². The first kappa shape index (κ1) is 30.8. The molecule has 0 radical (unpaired) electrons. The fourth-order valence-corrected chi connectivity index (χ4v) is 8.05. The maximum Gasteiger partial charge on any atom is 0.410 e. The third-order valence-corrected chi connectivity index (χ3v) is 10.3. The normalized spacial score (nSPS) is 28.0. The summed E-state index contributed by atoms with van der Waals surface area (Å²) in [6, 6.07) is 4.99. The smallest absolute Gasteiger partial charge is 0.410 e. The highest BCUT2D eigenvalue weighted by atomic mass is 32.2. The third kappa shape index (κ3) is 5.80. The van der Waals surface area contributed by atoms with E-state index < -0.39 is 35.0 Å².